The number of benzene rings is 1. The van der Waals surface area contributed by atoms with Gasteiger partial charge >= 0.3 is 0 Å². The maximum atomic E-state index is 11.2. The lowest BCUT2D eigenvalue weighted by atomic mass is 9.70. The Labute approximate surface area is 104 Å². The van der Waals surface area contributed by atoms with E-state index in [9.17, 15) is 20.2 Å². The molecule has 18 heavy (non-hydrogen) atoms. The highest BCUT2D eigenvalue weighted by atomic mass is 16.6. The molecule has 0 N–H and O–H groups in total. The molecule has 1 aromatic carbocycles. The van der Waals surface area contributed by atoms with Gasteiger partial charge in [-0.1, -0.05) is 12.1 Å². The number of carbonyl (C=O) groups excluding carboxylic acids is 1. The van der Waals surface area contributed by atoms with Gasteiger partial charge in [0.05, 0.1) is 16.4 Å². The average molecular weight is 244 g/mol. The fourth-order valence-electron chi connectivity index (χ4n) is 2.32. The van der Waals surface area contributed by atoms with Crippen LogP contribution >= 0.6 is 0 Å². The van der Waals surface area contributed by atoms with Crippen LogP contribution in [0.3, 0.4) is 0 Å². The van der Waals surface area contributed by atoms with E-state index in [1.807, 2.05) is 0 Å². The Morgan fingerprint density at radius 3 is 2.22 bits per heavy atom. The Hall–Kier alpha value is -2.22. The van der Waals surface area contributed by atoms with Gasteiger partial charge in [-0.25, -0.2) is 0 Å². The Morgan fingerprint density at radius 1 is 1.22 bits per heavy atom. The quantitative estimate of drug-likeness (QED) is 0.591. The smallest absolute Gasteiger partial charge is 0.269 e. The number of carbonyl (C=O) groups is 1. The number of rotatable bonds is 2. The molecule has 5 heteroatoms. The Kier molecular flexibility index (Phi) is 3.11. The Morgan fingerprint density at radius 2 is 1.78 bits per heavy atom. The van der Waals surface area contributed by atoms with E-state index in [4.69, 9.17) is 0 Å². The van der Waals surface area contributed by atoms with Crippen molar-refractivity contribution in [2.45, 2.75) is 31.1 Å². The number of non-ortho nitro benzene ring substituents is 1. The van der Waals surface area contributed by atoms with E-state index in [0.29, 0.717) is 25.7 Å². The number of Topliss-reactive ketones (excluding diaryl/α,β-unsaturated/α-hetero) is 1. The van der Waals surface area contributed by atoms with Crippen molar-refractivity contribution in [2.75, 3.05) is 0 Å². The summed E-state index contributed by atoms with van der Waals surface area (Å²) in [4.78, 5) is 21.4. The van der Waals surface area contributed by atoms with Crippen LogP contribution in [0.4, 0.5) is 5.69 Å². The van der Waals surface area contributed by atoms with Gasteiger partial charge in [0.2, 0.25) is 0 Å². The zero-order valence-corrected chi connectivity index (χ0v) is 9.76. The van der Waals surface area contributed by atoms with E-state index >= 15 is 0 Å². The molecule has 0 saturated heterocycles. The summed E-state index contributed by atoms with van der Waals surface area (Å²) in [5.41, 5.74) is 0.116. The van der Waals surface area contributed by atoms with Crippen LogP contribution in [0.1, 0.15) is 31.2 Å². The van der Waals surface area contributed by atoms with Crippen molar-refractivity contribution >= 4 is 11.5 Å². The molecular formula is C13H12N2O3. The number of hydrogen-bond donors (Lipinski definition) is 0. The molecule has 0 atom stereocenters. The Bertz CT molecular complexity index is 518. The van der Waals surface area contributed by atoms with Gasteiger partial charge in [-0.15, -0.1) is 0 Å². The zero-order valence-electron chi connectivity index (χ0n) is 9.76. The maximum absolute atomic E-state index is 11.2. The van der Waals surface area contributed by atoms with Crippen LogP contribution < -0.4 is 0 Å². The molecule has 1 aliphatic rings. The molecule has 1 fully saturated rings. The second-order valence-electron chi connectivity index (χ2n) is 4.54. The van der Waals surface area contributed by atoms with Crippen LogP contribution in [-0.4, -0.2) is 10.7 Å². The van der Waals surface area contributed by atoms with Gasteiger partial charge in [-0.3, -0.25) is 14.9 Å². The highest BCUT2D eigenvalue weighted by Gasteiger charge is 2.36. The first-order chi connectivity index (χ1) is 8.57. The average Bonchev–Trinajstić information content (AvgIpc) is 2.40. The highest BCUT2D eigenvalue weighted by Crippen LogP contribution is 2.38. The van der Waals surface area contributed by atoms with E-state index in [-0.39, 0.29) is 11.5 Å². The first kappa shape index (κ1) is 12.2. The van der Waals surface area contributed by atoms with E-state index < -0.39 is 10.3 Å². The molecule has 0 unspecified atom stereocenters. The normalized spacial score (nSPS) is 18.1. The molecule has 0 aliphatic heterocycles. The van der Waals surface area contributed by atoms with Crippen LogP contribution in [0.2, 0.25) is 0 Å². The molecule has 1 aromatic rings. The van der Waals surface area contributed by atoms with E-state index in [2.05, 4.69) is 6.07 Å². The van der Waals surface area contributed by atoms with Crippen LogP contribution in [0.25, 0.3) is 0 Å². The van der Waals surface area contributed by atoms with Crippen molar-refractivity contribution in [1.82, 2.24) is 0 Å². The highest BCUT2D eigenvalue weighted by molar-refractivity contribution is 5.80. The first-order valence-electron chi connectivity index (χ1n) is 5.75. The molecule has 0 radical (unpaired) electrons. The minimum Gasteiger partial charge on any atom is -0.300 e. The largest absolute Gasteiger partial charge is 0.300 e. The summed E-state index contributed by atoms with van der Waals surface area (Å²) in [5, 5.41) is 19.9. The van der Waals surface area contributed by atoms with Crippen LogP contribution in [-0.2, 0) is 10.2 Å². The molecular weight excluding hydrogens is 232 g/mol. The summed E-state index contributed by atoms with van der Waals surface area (Å²) in [7, 11) is 0. The predicted octanol–water partition coefficient (Wildman–Crippen LogP) is 2.50. The number of nitro groups is 1. The molecule has 2 rings (SSSR count). The summed E-state index contributed by atoms with van der Waals surface area (Å²) in [6, 6.07) is 8.34. The first-order valence-corrected chi connectivity index (χ1v) is 5.75. The lowest BCUT2D eigenvalue weighted by molar-refractivity contribution is -0.384. The molecule has 0 heterocycles. The second kappa shape index (κ2) is 4.57. The third-order valence-electron chi connectivity index (χ3n) is 3.51. The van der Waals surface area contributed by atoms with Crippen molar-refractivity contribution in [3.63, 3.8) is 0 Å². The molecule has 0 amide bonds. The van der Waals surface area contributed by atoms with Gasteiger partial charge in [0, 0.05) is 25.0 Å². The van der Waals surface area contributed by atoms with Gasteiger partial charge in [-0.05, 0) is 18.4 Å². The number of nitro benzene ring substituents is 1. The molecule has 0 bridgehead atoms. The van der Waals surface area contributed by atoms with Crippen molar-refractivity contribution in [3.8, 4) is 6.07 Å². The summed E-state index contributed by atoms with van der Waals surface area (Å²) in [5.74, 6) is 0.183. The minimum absolute atomic E-state index is 0.0127. The van der Waals surface area contributed by atoms with Gasteiger partial charge in [0.15, 0.2) is 0 Å². The lowest BCUT2D eigenvalue weighted by Gasteiger charge is -2.30. The molecule has 1 saturated carbocycles. The summed E-state index contributed by atoms with van der Waals surface area (Å²) in [6.45, 7) is 0. The molecule has 0 spiro atoms. The fourth-order valence-corrected chi connectivity index (χ4v) is 2.32. The van der Waals surface area contributed by atoms with E-state index in [1.165, 1.54) is 12.1 Å². The van der Waals surface area contributed by atoms with Crippen LogP contribution in [0, 0.1) is 21.4 Å². The monoisotopic (exact) mass is 244 g/mol. The molecule has 0 aromatic heterocycles. The van der Waals surface area contributed by atoms with Gasteiger partial charge in [-0.2, -0.15) is 5.26 Å². The third kappa shape index (κ3) is 2.09. The standard InChI is InChI=1S/C13H12N2O3/c14-9-13(7-5-12(16)6-8-13)10-1-3-11(4-2-10)15(17)18/h1-4H,5-8H2. The van der Waals surface area contributed by atoms with Crippen molar-refractivity contribution in [1.29, 1.82) is 5.26 Å². The second-order valence-corrected chi connectivity index (χ2v) is 4.54. The number of hydrogen-bond acceptors (Lipinski definition) is 4. The minimum atomic E-state index is -0.664. The third-order valence-corrected chi connectivity index (χ3v) is 3.51. The summed E-state index contributed by atoms with van der Waals surface area (Å²) in [6.07, 6.45) is 1.81. The van der Waals surface area contributed by atoms with E-state index in [0.717, 1.165) is 5.56 Å². The SMILES string of the molecule is N#CC1(c2ccc([N+](=O)[O-])cc2)CCC(=O)CC1. The molecule has 5 nitrogen and oxygen atoms in total. The molecule has 1 aliphatic carbocycles. The van der Waals surface area contributed by atoms with Crippen molar-refractivity contribution in [2.24, 2.45) is 0 Å². The van der Waals surface area contributed by atoms with Crippen LogP contribution in [0.15, 0.2) is 24.3 Å². The predicted molar refractivity (Wildman–Crippen MR) is 63.9 cm³/mol. The van der Waals surface area contributed by atoms with Crippen molar-refractivity contribution < 1.29 is 9.72 Å². The molecule has 92 valence electrons. The topological polar surface area (TPSA) is 84.0 Å². The van der Waals surface area contributed by atoms with Gasteiger partial charge in [0.25, 0.3) is 5.69 Å². The van der Waals surface area contributed by atoms with Gasteiger partial charge in [0.1, 0.15) is 5.78 Å². The van der Waals surface area contributed by atoms with Crippen LogP contribution in [0.5, 0.6) is 0 Å². The number of ketones is 1. The summed E-state index contributed by atoms with van der Waals surface area (Å²) < 4.78 is 0. The number of nitrogens with zero attached hydrogens (tertiary/aromatic N) is 2. The van der Waals surface area contributed by atoms with Crippen molar-refractivity contribution in [3.05, 3.63) is 39.9 Å². The van der Waals surface area contributed by atoms with E-state index in [1.54, 1.807) is 12.1 Å². The fraction of sp³-hybridized carbons (Fsp3) is 0.385. The summed E-state index contributed by atoms with van der Waals surface area (Å²) >= 11 is 0. The Balaban J connectivity index is 2.31. The lowest BCUT2D eigenvalue weighted by Crippen LogP contribution is -2.30. The zero-order chi connectivity index (χ0) is 13.2. The number of nitriles is 1. The maximum Gasteiger partial charge on any atom is 0.269 e. The van der Waals surface area contributed by atoms with Gasteiger partial charge < -0.3 is 0 Å².